The second-order valence-corrected chi connectivity index (χ2v) is 5.96. The van der Waals surface area contributed by atoms with Crippen LogP contribution in [0.4, 0.5) is 0 Å². The minimum atomic E-state index is -0.363. The zero-order valence-corrected chi connectivity index (χ0v) is 12.6. The Morgan fingerprint density at radius 1 is 0.889 bits per heavy atom. The molecule has 0 bridgehead atoms. The van der Waals surface area contributed by atoms with Gasteiger partial charge in [-0.2, -0.15) is 24.4 Å². The lowest BCUT2D eigenvalue weighted by Gasteiger charge is -2.39. The Bertz CT molecular complexity index is 270. The van der Waals surface area contributed by atoms with Gasteiger partial charge in [-0.15, -0.1) is 0 Å². The van der Waals surface area contributed by atoms with E-state index in [-0.39, 0.29) is 6.15 Å². The summed E-state index contributed by atoms with van der Waals surface area (Å²) >= 11 is 0. The first-order chi connectivity index (χ1) is 8.79. The number of hydrogen-bond acceptors (Lipinski definition) is 1. The van der Waals surface area contributed by atoms with Crippen LogP contribution < -0.4 is 5.46 Å². The minimum absolute atomic E-state index is 0.363. The van der Waals surface area contributed by atoms with Gasteiger partial charge in [0.2, 0.25) is 0 Å². The summed E-state index contributed by atoms with van der Waals surface area (Å²) in [6, 6.07) is 2.22. The van der Waals surface area contributed by atoms with Crippen molar-refractivity contribution in [1.29, 1.82) is 0 Å². The van der Waals surface area contributed by atoms with Crippen molar-refractivity contribution < 1.29 is 4.42 Å². The molecule has 0 saturated heterocycles. The van der Waals surface area contributed by atoms with Gasteiger partial charge in [-0.1, -0.05) is 65.4 Å². The highest BCUT2D eigenvalue weighted by Gasteiger charge is 2.25. The fourth-order valence-corrected chi connectivity index (χ4v) is 3.34. The Morgan fingerprint density at radius 2 is 1.39 bits per heavy atom. The van der Waals surface area contributed by atoms with Crippen molar-refractivity contribution in [2.75, 3.05) is 0 Å². The maximum absolute atomic E-state index is 5.38. The maximum Gasteiger partial charge on any atom is 0.0869 e. The normalized spacial score (nSPS) is 11.9. The zero-order chi connectivity index (χ0) is 13.3. The molecule has 2 heteroatoms. The average Bonchev–Trinajstić information content (AvgIpc) is 2.93. The summed E-state index contributed by atoms with van der Waals surface area (Å²) < 4.78 is 5.38. The maximum atomic E-state index is 5.38. The van der Waals surface area contributed by atoms with Crippen molar-refractivity contribution >= 4 is 11.6 Å². The molecule has 0 saturated carbocycles. The Morgan fingerprint density at radius 3 is 1.72 bits per heavy atom. The van der Waals surface area contributed by atoms with Gasteiger partial charge in [0.25, 0.3) is 0 Å². The molecule has 0 spiro atoms. The molecule has 1 heterocycles. The lowest BCUT2D eigenvalue weighted by atomic mass is 9.16. The molecule has 104 valence electrons. The van der Waals surface area contributed by atoms with E-state index in [1.54, 1.807) is 0 Å². The van der Waals surface area contributed by atoms with Crippen LogP contribution in [0.2, 0.25) is 19.0 Å². The van der Waals surface area contributed by atoms with E-state index in [1.807, 2.05) is 12.5 Å². The van der Waals surface area contributed by atoms with Crippen molar-refractivity contribution in [1.82, 2.24) is 0 Å². The lowest BCUT2D eigenvalue weighted by Crippen LogP contribution is -2.46. The second-order valence-electron chi connectivity index (χ2n) is 5.96. The Labute approximate surface area is 113 Å². The lowest BCUT2D eigenvalue weighted by molar-refractivity contribution is 0.568. The number of furan rings is 1. The number of hydrogen-bond donors (Lipinski definition) is 0. The summed E-state index contributed by atoms with van der Waals surface area (Å²) in [5.74, 6) is 0. The van der Waals surface area contributed by atoms with Gasteiger partial charge in [-0.05, 0) is 0 Å². The quantitative estimate of drug-likeness (QED) is 0.510. The van der Waals surface area contributed by atoms with Crippen LogP contribution in [0.15, 0.2) is 23.0 Å². The predicted octanol–water partition coefficient (Wildman–Crippen LogP) is 5.34. The van der Waals surface area contributed by atoms with Gasteiger partial charge in [-0.3, -0.25) is 0 Å². The van der Waals surface area contributed by atoms with Crippen LogP contribution in [0.5, 0.6) is 0 Å². The summed E-state index contributed by atoms with van der Waals surface area (Å²) in [6.45, 7) is 6.90. The van der Waals surface area contributed by atoms with Crippen LogP contribution in [0.3, 0.4) is 0 Å². The zero-order valence-electron chi connectivity index (χ0n) is 12.6. The van der Waals surface area contributed by atoms with Crippen LogP contribution in [-0.4, -0.2) is 6.15 Å². The third-order valence-electron chi connectivity index (χ3n) is 4.58. The molecule has 1 nitrogen and oxygen atoms in total. The molecule has 0 aliphatic heterocycles. The highest BCUT2D eigenvalue weighted by atomic mass is 16.3. The van der Waals surface area contributed by atoms with Crippen molar-refractivity contribution in [2.45, 2.75) is 78.3 Å². The van der Waals surface area contributed by atoms with Crippen LogP contribution in [0, 0.1) is 0 Å². The molecule has 0 radical (unpaired) electrons. The highest BCUT2D eigenvalue weighted by Crippen LogP contribution is 2.28. The van der Waals surface area contributed by atoms with Gasteiger partial charge >= 0.3 is 0 Å². The summed E-state index contributed by atoms with van der Waals surface area (Å²) in [4.78, 5) is 0. The van der Waals surface area contributed by atoms with Crippen molar-refractivity contribution in [2.24, 2.45) is 0 Å². The standard InChI is InChI=1S/C16H30BO/c1-4-7-11-17(12-8-5-2,13-9-6-3)16-10-14-18-15-16/h10,14-15H,4-9,11-13H2,1-3H3/q-1. The third kappa shape index (κ3) is 4.22. The largest absolute Gasteiger partial charge is 0.476 e. The first-order valence-corrected chi connectivity index (χ1v) is 8.02. The van der Waals surface area contributed by atoms with Gasteiger partial charge in [0.05, 0.1) is 12.5 Å². The first-order valence-electron chi connectivity index (χ1n) is 8.02. The third-order valence-corrected chi connectivity index (χ3v) is 4.58. The van der Waals surface area contributed by atoms with Gasteiger partial charge in [0.1, 0.15) is 0 Å². The van der Waals surface area contributed by atoms with Crippen LogP contribution >= 0.6 is 0 Å². The van der Waals surface area contributed by atoms with Crippen molar-refractivity contribution in [3.05, 3.63) is 18.6 Å². The van der Waals surface area contributed by atoms with Crippen molar-refractivity contribution in [3.8, 4) is 0 Å². The van der Waals surface area contributed by atoms with Gasteiger partial charge in [0.15, 0.2) is 0 Å². The van der Waals surface area contributed by atoms with E-state index in [0.717, 1.165) is 0 Å². The van der Waals surface area contributed by atoms with E-state index < -0.39 is 0 Å². The van der Waals surface area contributed by atoms with Gasteiger partial charge < -0.3 is 4.42 Å². The molecule has 0 fully saturated rings. The average molecular weight is 249 g/mol. The molecule has 18 heavy (non-hydrogen) atoms. The molecule has 1 rings (SSSR count). The molecular weight excluding hydrogens is 219 g/mol. The fourth-order valence-electron chi connectivity index (χ4n) is 3.34. The Kier molecular flexibility index (Phi) is 7.23. The smallest absolute Gasteiger partial charge is 0.0869 e. The fraction of sp³-hybridized carbons (Fsp3) is 0.750. The molecule has 0 amide bonds. The van der Waals surface area contributed by atoms with Crippen LogP contribution in [0.1, 0.15) is 59.3 Å². The molecule has 0 aliphatic carbocycles. The van der Waals surface area contributed by atoms with E-state index in [1.165, 1.54) is 62.9 Å². The summed E-state index contributed by atoms with van der Waals surface area (Å²) in [5.41, 5.74) is 1.50. The number of unbranched alkanes of at least 4 members (excludes halogenated alkanes) is 3. The molecular formula is C16H30BO-. The first kappa shape index (κ1) is 15.4. The topological polar surface area (TPSA) is 13.1 Å². The summed E-state index contributed by atoms with van der Waals surface area (Å²) in [5, 5.41) is 0. The van der Waals surface area contributed by atoms with E-state index in [9.17, 15) is 0 Å². The predicted molar refractivity (Wildman–Crippen MR) is 83.2 cm³/mol. The molecule has 0 N–H and O–H groups in total. The summed E-state index contributed by atoms with van der Waals surface area (Å²) in [6.07, 6.45) is 15.7. The monoisotopic (exact) mass is 249 g/mol. The van der Waals surface area contributed by atoms with Gasteiger partial charge in [0, 0.05) is 6.15 Å². The minimum Gasteiger partial charge on any atom is -0.476 e. The van der Waals surface area contributed by atoms with E-state index in [0.29, 0.717) is 0 Å². The Balaban J connectivity index is 2.84. The molecule has 1 aromatic heterocycles. The van der Waals surface area contributed by atoms with Crippen LogP contribution in [0.25, 0.3) is 0 Å². The SMILES string of the molecule is CCCC[B-](CCCC)(CCCC)c1ccoc1. The molecule has 0 unspecified atom stereocenters. The number of rotatable bonds is 10. The van der Waals surface area contributed by atoms with Crippen molar-refractivity contribution in [3.63, 3.8) is 0 Å². The van der Waals surface area contributed by atoms with E-state index >= 15 is 0 Å². The van der Waals surface area contributed by atoms with Gasteiger partial charge in [-0.25, -0.2) is 0 Å². The molecule has 0 aliphatic rings. The van der Waals surface area contributed by atoms with Crippen LogP contribution in [-0.2, 0) is 0 Å². The molecule has 0 aromatic carbocycles. The molecule has 1 aromatic rings. The highest BCUT2D eigenvalue weighted by molar-refractivity contribution is 6.91. The van der Waals surface area contributed by atoms with E-state index in [2.05, 4.69) is 26.8 Å². The molecule has 0 atom stereocenters. The van der Waals surface area contributed by atoms with E-state index in [4.69, 9.17) is 4.42 Å². The summed E-state index contributed by atoms with van der Waals surface area (Å²) in [7, 11) is 0. The Hall–Kier alpha value is -0.655. The second kappa shape index (κ2) is 8.45.